The molecule has 4 nitrogen and oxygen atoms in total. The number of hydrogen-bond donors (Lipinski definition) is 1. The number of benzene rings is 2. The second kappa shape index (κ2) is 8.08. The molecule has 2 aromatic carbocycles. The summed E-state index contributed by atoms with van der Waals surface area (Å²) in [5, 5.41) is 2.88. The highest BCUT2D eigenvalue weighted by Gasteiger charge is 2.02. The monoisotopic (exact) mass is 299 g/mol. The van der Waals surface area contributed by atoms with Gasteiger partial charge in [0.25, 0.3) is 0 Å². The SMILES string of the molecule is COc1ccc(OCCC(=O)NCc2ccc(C)cc2)cc1. The maximum absolute atomic E-state index is 11.8. The molecule has 1 N–H and O–H groups in total. The molecule has 0 atom stereocenters. The summed E-state index contributed by atoms with van der Waals surface area (Å²) in [6, 6.07) is 15.4. The van der Waals surface area contributed by atoms with E-state index < -0.39 is 0 Å². The third-order valence-corrected chi connectivity index (χ3v) is 3.27. The molecule has 22 heavy (non-hydrogen) atoms. The maximum atomic E-state index is 11.8. The molecule has 0 aliphatic rings. The van der Waals surface area contributed by atoms with Crippen LogP contribution < -0.4 is 14.8 Å². The highest BCUT2D eigenvalue weighted by atomic mass is 16.5. The zero-order valence-electron chi connectivity index (χ0n) is 13.0. The van der Waals surface area contributed by atoms with Crippen molar-refractivity contribution in [3.05, 3.63) is 59.7 Å². The average molecular weight is 299 g/mol. The molecule has 0 saturated carbocycles. The molecule has 0 bridgehead atoms. The first-order valence-corrected chi connectivity index (χ1v) is 7.26. The summed E-state index contributed by atoms with van der Waals surface area (Å²) in [7, 11) is 1.62. The second-order valence-corrected chi connectivity index (χ2v) is 5.04. The fourth-order valence-corrected chi connectivity index (χ4v) is 1.93. The Balaban J connectivity index is 1.67. The van der Waals surface area contributed by atoms with Crippen LogP contribution in [0.5, 0.6) is 11.5 Å². The first kappa shape index (κ1) is 15.9. The second-order valence-electron chi connectivity index (χ2n) is 5.04. The van der Waals surface area contributed by atoms with Gasteiger partial charge in [0.05, 0.1) is 20.1 Å². The van der Waals surface area contributed by atoms with Gasteiger partial charge in [-0.1, -0.05) is 29.8 Å². The molecule has 2 aromatic rings. The van der Waals surface area contributed by atoms with Crippen molar-refractivity contribution in [1.29, 1.82) is 0 Å². The topological polar surface area (TPSA) is 47.6 Å². The van der Waals surface area contributed by atoms with Gasteiger partial charge in [0, 0.05) is 6.54 Å². The van der Waals surface area contributed by atoms with Crippen LogP contribution in [0.15, 0.2) is 48.5 Å². The predicted molar refractivity (Wildman–Crippen MR) is 86.1 cm³/mol. The predicted octanol–water partition coefficient (Wildman–Crippen LogP) is 3.09. The Kier molecular flexibility index (Phi) is 5.83. The largest absolute Gasteiger partial charge is 0.497 e. The molecule has 0 heterocycles. The molecule has 0 radical (unpaired) electrons. The Hall–Kier alpha value is -2.49. The zero-order chi connectivity index (χ0) is 15.8. The summed E-state index contributed by atoms with van der Waals surface area (Å²) in [6.07, 6.45) is 0.331. The molecule has 0 saturated heterocycles. The lowest BCUT2D eigenvalue weighted by atomic mass is 10.1. The lowest BCUT2D eigenvalue weighted by molar-refractivity contribution is -0.121. The Labute approximate surface area is 131 Å². The van der Waals surface area contributed by atoms with Crippen molar-refractivity contribution in [3.63, 3.8) is 0 Å². The molecule has 0 aromatic heterocycles. The van der Waals surface area contributed by atoms with Crippen LogP contribution in [0.3, 0.4) is 0 Å². The van der Waals surface area contributed by atoms with Crippen LogP contribution >= 0.6 is 0 Å². The highest BCUT2D eigenvalue weighted by molar-refractivity contribution is 5.76. The molecule has 0 fully saturated rings. The molecule has 116 valence electrons. The Morgan fingerprint density at radius 3 is 2.27 bits per heavy atom. The zero-order valence-corrected chi connectivity index (χ0v) is 13.0. The van der Waals surface area contributed by atoms with E-state index in [1.54, 1.807) is 7.11 Å². The van der Waals surface area contributed by atoms with Crippen molar-refractivity contribution in [2.45, 2.75) is 19.9 Å². The van der Waals surface area contributed by atoms with E-state index in [2.05, 4.69) is 5.32 Å². The number of amides is 1. The van der Waals surface area contributed by atoms with E-state index in [4.69, 9.17) is 9.47 Å². The standard InChI is InChI=1S/C18H21NO3/c1-14-3-5-15(6-4-14)13-19-18(20)11-12-22-17-9-7-16(21-2)8-10-17/h3-10H,11-13H2,1-2H3,(H,19,20). The van der Waals surface area contributed by atoms with Gasteiger partial charge >= 0.3 is 0 Å². The quantitative estimate of drug-likeness (QED) is 0.854. The summed E-state index contributed by atoms with van der Waals surface area (Å²) in [5.41, 5.74) is 2.30. The van der Waals surface area contributed by atoms with Gasteiger partial charge < -0.3 is 14.8 Å². The van der Waals surface area contributed by atoms with Crippen molar-refractivity contribution < 1.29 is 14.3 Å². The molecule has 0 aliphatic carbocycles. The van der Waals surface area contributed by atoms with Gasteiger partial charge in [-0.2, -0.15) is 0 Å². The molecule has 4 heteroatoms. The lowest BCUT2D eigenvalue weighted by Gasteiger charge is -2.08. The van der Waals surface area contributed by atoms with Crippen molar-refractivity contribution in [2.24, 2.45) is 0 Å². The van der Waals surface area contributed by atoms with Gasteiger partial charge in [-0.3, -0.25) is 4.79 Å². The first-order chi connectivity index (χ1) is 10.7. The lowest BCUT2D eigenvalue weighted by Crippen LogP contribution is -2.24. The van der Waals surface area contributed by atoms with E-state index >= 15 is 0 Å². The third-order valence-electron chi connectivity index (χ3n) is 3.27. The van der Waals surface area contributed by atoms with Crippen LogP contribution in [-0.2, 0) is 11.3 Å². The number of ether oxygens (including phenoxy) is 2. The van der Waals surface area contributed by atoms with E-state index in [1.165, 1.54) is 5.56 Å². The smallest absolute Gasteiger partial charge is 0.223 e. The van der Waals surface area contributed by atoms with E-state index in [0.29, 0.717) is 19.6 Å². The average Bonchev–Trinajstić information content (AvgIpc) is 2.55. The third kappa shape index (κ3) is 5.13. The van der Waals surface area contributed by atoms with Gasteiger partial charge in [0.1, 0.15) is 11.5 Å². The van der Waals surface area contributed by atoms with E-state index in [0.717, 1.165) is 17.1 Å². The number of aryl methyl sites for hydroxylation is 1. The van der Waals surface area contributed by atoms with Gasteiger partial charge in [-0.25, -0.2) is 0 Å². The van der Waals surface area contributed by atoms with Crippen molar-refractivity contribution in [3.8, 4) is 11.5 Å². The van der Waals surface area contributed by atoms with Crippen molar-refractivity contribution >= 4 is 5.91 Å². The molecule has 0 aliphatic heterocycles. The molecular weight excluding hydrogens is 278 g/mol. The fourth-order valence-electron chi connectivity index (χ4n) is 1.93. The van der Waals surface area contributed by atoms with Crippen LogP contribution in [0.25, 0.3) is 0 Å². The number of carbonyl (C=O) groups is 1. The number of hydrogen-bond acceptors (Lipinski definition) is 3. The first-order valence-electron chi connectivity index (χ1n) is 7.26. The van der Waals surface area contributed by atoms with E-state index in [1.807, 2.05) is 55.5 Å². The number of nitrogens with one attached hydrogen (secondary N) is 1. The summed E-state index contributed by atoms with van der Waals surface area (Å²) in [6.45, 7) is 2.94. The Morgan fingerprint density at radius 1 is 1.00 bits per heavy atom. The van der Waals surface area contributed by atoms with Crippen LogP contribution in [0, 0.1) is 6.92 Å². The van der Waals surface area contributed by atoms with E-state index in [9.17, 15) is 4.79 Å². The van der Waals surface area contributed by atoms with Gasteiger partial charge in [0.15, 0.2) is 0 Å². The Bertz CT molecular complexity index is 591. The summed E-state index contributed by atoms with van der Waals surface area (Å²) >= 11 is 0. The summed E-state index contributed by atoms with van der Waals surface area (Å²) in [4.78, 5) is 11.8. The summed E-state index contributed by atoms with van der Waals surface area (Å²) in [5.74, 6) is 1.49. The molecule has 0 unspecified atom stereocenters. The highest BCUT2D eigenvalue weighted by Crippen LogP contribution is 2.16. The minimum atomic E-state index is -0.0194. The van der Waals surface area contributed by atoms with Gasteiger partial charge in [-0.15, -0.1) is 0 Å². The van der Waals surface area contributed by atoms with Crippen LogP contribution in [0.2, 0.25) is 0 Å². The molecule has 1 amide bonds. The van der Waals surface area contributed by atoms with Crippen molar-refractivity contribution in [1.82, 2.24) is 5.32 Å². The fraction of sp³-hybridized carbons (Fsp3) is 0.278. The molecular formula is C18H21NO3. The Morgan fingerprint density at radius 2 is 1.64 bits per heavy atom. The minimum Gasteiger partial charge on any atom is -0.497 e. The van der Waals surface area contributed by atoms with Crippen LogP contribution in [0.4, 0.5) is 0 Å². The summed E-state index contributed by atoms with van der Waals surface area (Å²) < 4.78 is 10.6. The molecule has 2 rings (SSSR count). The van der Waals surface area contributed by atoms with Gasteiger partial charge in [-0.05, 0) is 36.8 Å². The number of rotatable bonds is 7. The maximum Gasteiger partial charge on any atom is 0.223 e. The van der Waals surface area contributed by atoms with Gasteiger partial charge in [0.2, 0.25) is 5.91 Å². The normalized spacial score (nSPS) is 10.1. The number of methoxy groups -OCH3 is 1. The van der Waals surface area contributed by atoms with Crippen LogP contribution in [0.1, 0.15) is 17.5 Å². The minimum absolute atomic E-state index is 0.0194. The molecule has 0 spiro atoms. The van der Waals surface area contributed by atoms with Crippen LogP contribution in [-0.4, -0.2) is 19.6 Å². The number of carbonyl (C=O) groups excluding carboxylic acids is 1. The van der Waals surface area contributed by atoms with E-state index in [-0.39, 0.29) is 5.91 Å². The van der Waals surface area contributed by atoms with Crippen molar-refractivity contribution in [2.75, 3.05) is 13.7 Å².